The molecule has 0 aromatic heterocycles. The van der Waals surface area contributed by atoms with Crippen LogP contribution in [0.5, 0.6) is 0 Å². The normalized spacial score (nSPS) is 11.2. The second kappa shape index (κ2) is 7.28. The van der Waals surface area contributed by atoms with E-state index >= 15 is 0 Å². The highest BCUT2D eigenvalue weighted by molar-refractivity contribution is 7.89. The number of aryl methyl sites for hydroxylation is 1. The second-order valence-corrected chi connectivity index (χ2v) is 6.48. The molecule has 0 radical (unpaired) electrons. The van der Waals surface area contributed by atoms with Gasteiger partial charge in [0.2, 0.25) is 10.0 Å². The second-order valence-electron chi connectivity index (χ2n) is 4.74. The highest BCUT2D eigenvalue weighted by Gasteiger charge is 2.17. The molecule has 2 amide bonds. The van der Waals surface area contributed by atoms with Crippen LogP contribution in [0.15, 0.2) is 23.1 Å². The van der Waals surface area contributed by atoms with Gasteiger partial charge in [-0.3, -0.25) is 0 Å². The molecule has 4 N–H and O–H groups in total. The number of carbonyl (C=O) groups excluding carboxylic acids is 1. The first-order valence-corrected chi connectivity index (χ1v) is 8.09. The Morgan fingerprint density at radius 2 is 1.95 bits per heavy atom. The van der Waals surface area contributed by atoms with Crippen molar-refractivity contribution in [2.45, 2.75) is 18.2 Å². The van der Waals surface area contributed by atoms with Crippen LogP contribution in [0.3, 0.4) is 0 Å². The molecule has 7 nitrogen and oxygen atoms in total. The Kier molecular flexibility index (Phi) is 5.98. The van der Waals surface area contributed by atoms with E-state index in [9.17, 15) is 13.2 Å². The van der Waals surface area contributed by atoms with Crippen molar-refractivity contribution in [2.24, 2.45) is 0 Å². The molecule has 0 saturated carbocycles. The summed E-state index contributed by atoms with van der Waals surface area (Å²) in [6.07, 6.45) is 0.591. The minimum Gasteiger partial charge on any atom is -0.399 e. The van der Waals surface area contributed by atoms with E-state index in [4.69, 9.17) is 5.73 Å². The van der Waals surface area contributed by atoms with Crippen molar-refractivity contribution >= 4 is 21.7 Å². The standard InChI is InChI=1S/C13H22N4O3S/c1-4-10-5-6-11(14)9-12(10)21(19,20)16-8-7-15-13(18)17(2)3/h5-6,9,16H,4,7-8,14H2,1-3H3,(H,15,18). The molecular weight excluding hydrogens is 292 g/mol. The van der Waals surface area contributed by atoms with Gasteiger partial charge in [0.25, 0.3) is 0 Å². The van der Waals surface area contributed by atoms with E-state index in [1.807, 2.05) is 6.92 Å². The number of nitrogens with zero attached hydrogens (tertiary/aromatic N) is 1. The van der Waals surface area contributed by atoms with E-state index in [0.717, 1.165) is 0 Å². The zero-order valence-corrected chi connectivity index (χ0v) is 13.3. The Morgan fingerprint density at radius 3 is 2.52 bits per heavy atom. The van der Waals surface area contributed by atoms with Crippen LogP contribution in [0.4, 0.5) is 10.5 Å². The quantitative estimate of drug-likeness (QED) is 0.521. The van der Waals surface area contributed by atoms with E-state index in [2.05, 4.69) is 10.0 Å². The lowest BCUT2D eigenvalue weighted by molar-refractivity contribution is 0.217. The summed E-state index contributed by atoms with van der Waals surface area (Å²) >= 11 is 0. The van der Waals surface area contributed by atoms with Crippen LogP contribution in [0.25, 0.3) is 0 Å². The topological polar surface area (TPSA) is 105 Å². The molecule has 0 aliphatic heterocycles. The smallest absolute Gasteiger partial charge is 0.316 e. The SMILES string of the molecule is CCc1ccc(N)cc1S(=O)(=O)NCCNC(=O)N(C)C. The Morgan fingerprint density at radius 1 is 1.29 bits per heavy atom. The van der Waals surface area contributed by atoms with Gasteiger partial charge in [-0.15, -0.1) is 0 Å². The van der Waals surface area contributed by atoms with E-state index in [0.29, 0.717) is 17.7 Å². The lowest BCUT2D eigenvalue weighted by Crippen LogP contribution is -2.39. The molecule has 0 unspecified atom stereocenters. The summed E-state index contributed by atoms with van der Waals surface area (Å²) in [5, 5.41) is 2.58. The van der Waals surface area contributed by atoms with Gasteiger partial charge in [-0.1, -0.05) is 13.0 Å². The number of rotatable bonds is 6. The molecule has 0 aliphatic carbocycles. The highest BCUT2D eigenvalue weighted by Crippen LogP contribution is 2.19. The van der Waals surface area contributed by atoms with Crippen LogP contribution in [-0.2, 0) is 16.4 Å². The van der Waals surface area contributed by atoms with Crippen molar-refractivity contribution in [2.75, 3.05) is 32.9 Å². The number of benzene rings is 1. The van der Waals surface area contributed by atoms with E-state index < -0.39 is 10.0 Å². The summed E-state index contributed by atoms with van der Waals surface area (Å²) in [5.41, 5.74) is 6.75. The first-order chi connectivity index (χ1) is 9.77. The Bertz CT molecular complexity index is 599. The van der Waals surface area contributed by atoms with Crippen LogP contribution < -0.4 is 15.8 Å². The Hall–Kier alpha value is -1.80. The number of hydrogen-bond donors (Lipinski definition) is 3. The number of nitrogen functional groups attached to an aromatic ring is 1. The van der Waals surface area contributed by atoms with Crippen LogP contribution in [0.1, 0.15) is 12.5 Å². The van der Waals surface area contributed by atoms with E-state index in [1.54, 1.807) is 26.2 Å². The van der Waals surface area contributed by atoms with Gasteiger partial charge in [-0.05, 0) is 24.1 Å². The first-order valence-electron chi connectivity index (χ1n) is 6.61. The number of nitrogens with two attached hydrogens (primary N) is 1. The van der Waals surface area contributed by atoms with Crippen molar-refractivity contribution in [3.63, 3.8) is 0 Å². The fourth-order valence-electron chi connectivity index (χ4n) is 1.70. The van der Waals surface area contributed by atoms with Crippen molar-refractivity contribution in [3.8, 4) is 0 Å². The maximum Gasteiger partial charge on any atom is 0.316 e. The monoisotopic (exact) mass is 314 g/mol. The first kappa shape index (κ1) is 17.3. The minimum absolute atomic E-state index is 0.111. The fourth-order valence-corrected chi connectivity index (χ4v) is 3.08. The van der Waals surface area contributed by atoms with Crippen molar-refractivity contribution in [1.29, 1.82) is 0 Å². The Balaban J connectivity index is 2.70. The van der Waals surface area contributed by atoms with Crippen LogP contribution >= 0.6 is 0 Å². The predicted octanol–water partition coefficient (Wildman–Crippen LogP) is 0.381. The average Bonchev–Trinajstić information content (AvgIpc) is 2.43. The van der Waals surface area contributed by atoms with Gasteiger partial charge in [0, 0.05) is 32.9 Å². The third kappa shape index (κ3) is 4.91. The summed E-state index contributed by atoms with van der Waals surface area (Å²) in [7, 11) is -0.417. The summed E-state index contributed by atoms with van der Waals surface area (Å²) in [5.74, 6) is 0. The number of nitrogens with one attached hydrogen (secondary N) is 2. The predicted molar refractivity (Wildman–Crippen MR) is 82.5 cm³/mol. The largest absolute Gasteiger partial charge is 0.399 e. The molecule has 1 aromatic rings. The molecule has 0 aliphatic rings. The lowest BCUT2D eigenvalue weighted by Gasteiger charge is -2.13. The van der Waals surface area contributed by atoms with Crippen molar-refractivity contribution in [3.05, 3.63) is 23.8 Å². The number of anilines is 1. The van der Waals surface area contributed by atoms with Gasteiger partial charge in [0.15, 0.2) is 0 Å². The Labute approximate surface area is 125 Å². The van der Waals surface area contributed by atoms with E-state index in [1.165, 1.54) is 11.0 Å². The zero-order chi connectivity index (χ0) is 16.0. The summed E-state index contributed by atoms with van der Waals surface area (Å²) < 4.78 is 27.0. The molecule has 0 bridgehead atoms. The van der Waals surface area contributed by atoms with E-state index in [-0.39, 0.29) is 24.0 Å². The third-order valence-corrected chi connectivity index (χ3v) is 4.40. The number of amides is 2. The van der Waals surface area contributed by atoms with Crippen LogP contribution in [-0.4, -0.2) is 46.5 Å². The maximum atomic E-state index is 12.3. The van der Waals surface area contributed by atoms with Gasteiger partial charge < -0.3 is 16.0 Å². The minimum atomic E-state index is -3.64. The van der Waals surface area contributed by atoms with Gasteiger partial charge in [-0.2, -0.15) is 0 Å². The van der Waals surface area contributed by atoms with Crippen LogP contribution in [0.2, 0.25) is 0 Å². The van der Waals surface area contributed by atoms with Gasteiger partial charge in [0.05, 0.1) is 4.90 Å². The molecule has 0 saturated heterocycles. The van der Waals surface area contributed by atoms with Crippen LogP contribution in [0, 0.1) is 0 Å². The maximum absolute atomic E-state index is 12.3. The number of sulfonamides is 1. The molecule has 8 heteroatoms. The molecule has 0 atom stereocenters. The molecule has 118 valence electrons. The van der Waals surface area contributed by atoms with Gasteiger partial charge >= 0.3 is 6.03 Å². The van der Waals surface area contributed by atoms with Gasteiger partial charge in [-0.25, -0.2) is 17.9 Å². The van der Waals surface area contributed by atoms with Crippen molar-refractivity contribution in [1.82, 2.24) is 14.9 Å². The highest BCUT2D eigenvalue weighted by atomic mass is 32.2. The zero-order valence-electron chi connectivity index (χ0n) is 12.5. The molecule has 0 spiro atoms. The van der Waals surface area contributed by atoms with Crippen molar-refractivity contribution < 1.29 is 13.2 Å². The number of carbonyl (C=O) groups is 1. The molecule has 1 aromatic carbocycles. The van der Waals surface area contributed by atoms with Gasteiger partial charge in [0.1, 0.15) is 0 Å². The average molecular weight is 314 g/mol. The molecule has 21 heavy (non-hydrogen) atoms. The number of urea groups is 1. The fraction of sp³-hybridized carbons (Fsp3) is 0.462. The summed E-state index contributed by atoms with van der Waals surface area (Å²) in [4.78, 5) is 12.9. The summed E-state index contributed by atoms with van der Waals surface area (Å²) in [6, 6.07) is 4.55. The number of hydrogen-bond acceptors (Lipinski definition) is 4. The molecule has 0 heterocycles. The molecule has 0 fully saturated rings. The third-order valence-electron chi connectivity index (χ3n) is 2.86. The lowest BCUT2D eigenvalue weighted by atomic mass is 10.1. The molecular formula is C13H22N4O3S. The molecule has 1 rings (SSSR count). The summed E-state index contributed by atoms with van der Waals surface area (Å²) in [6.45, 7) is 2.20.